The molecule has 0 spiro atoms. The van der Waals surface area contributed by atoms with Crippen LogP contribution in [0.5, 0.6) is 0 Å². The summed E-state index contributed by atoms with van der Waals surface area (Å²) in [4.78, 5) is 15.2. The summed E-state index contributed by atoms with van der Waals surface area (Å²) in [6, 6.07) is 9.03. The maximum absolute atomic E-state index is 12.2. The zero-order valence-electron chi connectivity index (χ0n) is 10.8. The van der Waals surface area contributed by atoms with Crippen LogP contribution in [0.25, 0.3) is 0 Å². The van der Waals surface area contributed by atoms with Crippen LogP contribution in [0.1, 0.15) is 15.2 Å². The number of carbonyl (C=O) groups excluding carboxylic acids is 1. The van der Waals surface area contributed by atoms with E-state index in [1.165, 1.54) is 4.88 Å². The van der Waals surface area contributed by atoms with Crippen LogP contribution in [0.4, 0.5) is 11.4 Å². The molecule has 100 valence electrons. The Hall–Kier alpha value is -2.01. The van der Waals surface area contributed by atoms with E-state index in [9.17, 15) is 4.79 Å². The highest BCUT2D eigenvalue weighted by Crippen LogP contribution is 2.16. The van der Waals surface area contributed by atoms with Gasteiger partial charge in [-0.1, -0.05) is 6.07 Å². The van der Waals surface area contributed by atoms with E-state index in [1.807, 2.05) is 11.4 Å². The van der Waals surface area contributed by atoms with Gasteiger partial charge >= 0.3 is 0 Å². The van der Waals surface area contributed by atoms with Crippen LogP contribution >= 0.6 is 11.3 Å². The summed E-state index contributed by atoms with van der Waals surface area (Å²) in [5.74, 6) is -0.0597. The lowest BCUT2D eigenvalue weighted by molar-refractivity contribution is 0.0797. The second-order valence-corrected chi connectivity index (χ2v) is 5.48. The molecule has 0 saturated heterocycles. The minimum absolute atomic E-state index is 0.0597. The largest absolute Gasteiger partial charge is 0.399 e. The van der Waals surface area contributed by atoms with E-state index in [1.54, 1.807) is 41.5 Å². The maximum Gasteiger partial charge on any atom is 0.253 e. The van der Waals surface area contributed by atoms with Gasteiger partial charge in [0.1, 0.15) is 0 Å². The molecule has 0 radical (unpaired) electrons. The Balaban J connectivity index is 2.02. The molecule has 4 nitrogen and oxygen atoms in total. The van der Waals surface area contributed by atoms with Crippen LogP contribution in [-0.2, 0) is 6.42 Å². The number of carbonyl (C=O) groups is 1. The average molecular weight is 275 g/mol. The number of likely N-dealkylation sites (N-methyl/N-ethyl adjacent to an activating group) is 1. The van der Waals surface area contributed by atoms with Crippen LogP contribution in [0.3, 0.4) is 0 Å². The van der Waals surface area contributed by atoms with Crippen LogP contribution in [0.15, 0.2) is 35.7 Å². The molecule has 0 aliphatic carbocycles. The number of hydrogen-bond donors (Lipinski definition) is 2. The van der Waals surface area contributed by atoms with Gasteiger partial charge in [-0.25, -0.2) is 0 Å². The van der Waals surface area contributed by atoms with Crippen molar-refractivity contribution in [3.8, 4) is 0 Å². The van der Waals surface area contributed by atoms with Gasteiger partial charge in [-0.2, -0.15) is 0 Å². The number of anilines is 2. The molecule has 4 N–H and O–H groups in total. The normalized spacial score (nSPS) is 10.4. The van der Waals surface area contributed by atoms with Crippen LogP contribution in [0.2, 0.25) is 0 Å². The third kappa shape index (κ3) is 3.48. The monoisotopic (exact) mass is 275 g/mol. The predicted molar refractivity (Wildman–Crippen MR) is 80.3 cm³/mol. The Morgan fingerprint density at radius 3 is 2.53 bits per heavy atom. The number of nitrogen functional groups attached to an aromatic ring is 2. The summed E-state index contributed by atoms with van der Waals surface area (Å²) in [7, 11) is 1.79. The number of rotatable bonds is 4. The fraction of sp³-hybridized carbons (Fsp3) is 0.214. The lowest BCUT2D eigenvalue weighted by atomic mass is 10.1. The third-order valence-electron chi connectivity index (χ3n) is 2.85. The third-order valence-corrected chi connectivity index (χ3v) is 3.78. The van der Waals surface area contributed by atoms with Crippen LogP contribution < -0.4 is 11.5 Å². The molecule has 1 aromatic carbocycles. The number of hydrogen-bond acceptors (Lipinski definition) is 4. The van der Waals surface area contributed by atoms with Gasteiger partial charge in [-0.05, 0) is 36.1 Å². The van der Waals surface area contributed by atoms with E-state index in [-0.39, 0.29) is 5.91 Å². The number of amides is 1. The molecule has 5 heteroatoms. The fourth-order valence-corrected chi connectivity index (χ4v) is 2.55. The highest BCUT2D eigenvalue weighted by Gasteiger charge is 2.12. The maximum atomic E-state index is 12.2. The van der Waals surface area contributed by atoms with Gasteiger partial charge in [0.15, 0.2) is 0 Å². The first-order valence-electron chi connectivity index (χ1n) is 6.00. The summed E-state index contributed by atoms with van der Waals surface area (Å²) in [6.07, 6.45) is 0.859. The molecule has 0 unspecified atom stereocenters. The second-order valence-electron chi connectivity index (χ2n) is 4.44. The van der Waals surface area contributed by atoms with Crippen molar-refractivity contribution in [1.29, 1.82) is 0 Å². The van der Waals surface area contributed by atoms with E-state index in [4.69, 9.17) is 11.5 Å². The smallest absolute Gasteiger partial charge is 0.253 e. The van der Waals surface area contributed by atoms with Crippen molar-refractivity contribution < 1.29 is 4.79 Å². The van der Waals surface area contributed by atoms with Gasteiger partial charge < -0.3 is 16.4 Å². The van der Waals surface area contributed by atoms with Gasteiger partial charge in [-0.3, -0.25) is 4.79 Å². The van der Waals surface area contributed by atoms with Crippen LogP contribution in [0, 0.1) is 0 Å². The summed E-state index contributed by atoms with van der Waals surface area (Å²) in [5.41, 5.74) is 13.0. The minimum Gasteiger partial charge on any atom is -0.399 e. The highest BCUT2D eigenvalue weighted by atomic mass is 32.1. The van der Waals surface area contributed by atoms with E-state index in [2.05, 4.69) is 6.07 Å². The Morgan fingerprint density at radius 1 is 1.26 bits per heavy atom. The Morgan fingerprint density at radius 2 is 1.95 bits per heavy atom. The quantitative estimate of drug-likeness (QED) is 0.840. The van der Waals surface area contributed by atoms with Gasteiger partial charge in [0.05, 0.1) is 0 Å². The first-order valence-corrected chi connectivity index (χ1v) is 6.88. The van der Waals surface area contributed by atoms with Gasteiger partial charge in [0.25, 0.3) is 5.91 Å². The zero-order chi connectivity index (χ0) is 13.8. The summed E-state index contributed by atoms with van der Waals surface area (Å²) in [5, 5.41) is 2.04. The van der Waals surface area contributed by atoms with Crippen molar-refractivity contribution in [2.75, 3.05) is 25.1 Å². The molecular weight excluding hydrogens is 258 g/mol. The van der Waals surface area contributed by atoms with Gasteiger partial charge in [0.2, 0.25) is 0 Å². The summed E-state index contributed by atoms with van der Waals surface area (Å²) >= 11 is 1.70. The molecule has 0 bridgehead atoms. The number of thiophene rings is 1. The van der Waals surface area contributed by atoms with Crippen molar-refractivity contribution in [2.45, 2.75) is 6.42 Å². The summed E-state index contributed by atoms with van der Waals surface area (Å²) < 4.78 is 0. The lowest BCUT2D eigenvalue weighted by Gasteiger charge is -2.17. The molecule has 2 rings (SSSR count). The van der Waals surface area contributed by atoms with Gasteiger partial charge in [-0.15, -0.1) is 11.3 Å². The fourth-order valence-electron chi connectivity index (χ4n) is 1.85. The number of nitrogens with zero attached hydrogens (tertiary/aromatic N) is 1. The molecule has 1 amide bonds. The van der Waals surface area contributed by atoms with Crippen molar-refractivity contribution >= 4 is 28.6 Å². The first kappa shape index (κ1) is 13.4. The zero-order valence-corrected chi connectivity index (χ0v) is 11.6. The highest BCUT2D eigenvalue weighted by molar-refractivity contribution is 7.09. The molecule has 0 saturated carbocycles. The van der Waals surface area contributed by atoms with E-state index in [0.29, 0.717) is 23.5 Å². The first-order chi connectivity index (χ1) is 9.06. The summed E-state index contributed by atoms with van der Waals surface area (Å²) in [6.45, 7) is 0.675. The molecule has 0 atom stereocenters. The van der Waals surface area contributed by atoms with Gasteiger partial charge in [0, 0.05) is 35.4 Å². The van der Waals surface area contributed by atoms with Crippen molar-refractivity contribution in [1.82, 2.24) is 4.90 Å². The number of benzene rings is 1. The van der Waals surface area contributed by atoms with Crippen LogP contribution in [-0.4, -0.2) is 24.4 Å². The van der Waals surface area contributed by atoms with Crippen molar-refractivity contribution in [3.63, 3.8) is 0 Å². The van der Waals surface area contributed by atoms with Crippen molar-refractivity contribution in [2.24, 2.45) is 0 Å². The van der Waals surface area contributed by atoms with Crippen molar-refractivity contribution in [3.05, 3.63) is 46.2 Å². The second kappa shape index (κ2) is 5.75. The molecule has 1 heterocycles. The van der Waals surface area contributed by atoms with E-state index < -0.39 is 0 Å². The standard InChI is InChI=1S/C14H17N3OS/c1-17(5-4-13-3-2-6-19-13)14(18)10-7-11(15)9-12(16)8-10/h2-3,6-9H,4-5,15-16H2,1H3. The van der Waals surface area contributed by atoms with E-state index in [0.717, 1.165) is 6.42 Å². The molecule has 0 aliphatic rings. The van der Waals surface area contributed by atoms with E-state index >= 15 is 0 Å². The molecule has 0 aliphatic heterocycles. The Labute approximate surface area is 116 Å². The molecule has 1 aromatic heterocycles. The molecule has 0 fully saturated rings. The molecular formula is C14H17N3OS. The SMILES string of the molecule is CN(CCc1cccs1)C(=O)c1cc(N)cc(N)c1. The Kier molecular flexibility index (Phi) is 4.06. The molecule has 2 aromatic rings. The topological polar surface area (TPSA) is 72.3 Å². The average Bonchev–Trinajstić information content (AvgIpc) is 2.87. The lowest BCUT2D eigenvalue weighted by Crippen LogP contribution is -2.28. The minimum atomic E-state index is -0.0597. The predicted octanol–water partition coefficient (Wildman–Crippen LogP) is 2.23. The Bertz CT molecular complexity index is 546. The number of nitrogens with two attached hydrogens (primary N) is 2. The molecule has 19 heavy (non-hydrogen) atoms.